The second-order valence-electron chi connectivity index (χ2n) is 5.89. The molecule has 0 aliphatic rings. The molecule has 3 rings (SSSR count). The van der Waals surface area contributed by atoms with E-state index in [4.69, 9.17) is 11.6 Å². The van der Waals surface area contributed by atoms with Crippen molar-refractivity contribution in [1.29, 1.82) is 0 Å². The highest BCUT2D eigenvalue weighted by atomic mass is 35.5. The van der Waals surface area contributed by atoms with Crippen molar-refractivity contribution < 1.29 is 9.18 Å². The summed E-state index contributed by atoms with van der Waals surface area (Å²) in [6, 6.07) is 13.5. The van der Waals surface area contributed by atoms with Gasteiger partial charge in [-0.2, -0.15) is 0 Å². The maximum Gasteiger partial charge on any atom is 0.254 e. The van der Waals surface area contributed by atoms with Gasteiger partial charge in [-0.25, -0.2) is 4.39 Å². The number of halogens is 2. The summed E-state index contributed by atoms with van der Waals surface area (Å²) in [6.45, 7) is 1.26. The Kier molecular flexibility index (Phi) is 6.02. The van der Waals surface area contributed by atoms with Gasteiger partial charge in [0.1, 0.15) is 5.82 Å². The summed E-state index contributed by atoms with van der Waals surface area (Å²) in [4.78, 5) is 16.2. The van der Waals surface area contributed by atoms with Crippen LogP contribution in [-0.2, 0) is 0 Å². The van der Waals surface area contributed by atoms with Gasteiger partial charge in [0.2, 0.25) is 0 Å². The molecule has 0 saturated carbocycles. The van der Waals surface area contributed by atoms with E-state index in [0.29, 0.717) is 11.6 Å². The Bertz CT molecular complexity index is 916. The predicted octanol–water partition coefficient (Wildman–Crippen LogP) is 4.65. The van der Waals surface area contributed by atoms with Gasteiger partial charge < -0.3 is 10.6 Å². The van der Waals surface area contributed by atoms with Crippen molar-refractivity contribution in [2.24, 2.45) is 0 Å². The Labute approximate surface area is 156 Å². The second kappa shape index (κ2) is 8.63. The molecule has 0 aliphatic carbocycles. The largest absolute Gasteiger partial charge is 0.384 e. The number of pyridine rings is 1. The summed E-state index contributed by atoms with van der Waals surface area (Å²) in [5.74, 6) is -0.885. The van der Waals surface area contributed by atoms with Gasteiger partial charge in [0.15, 0.2) is 0 Å². The summed E-state index contributed by atoms with van der Waals surface area (Å²) in [7, 11) is 0. The first kappa shape index (κ1) is 18.1. The lowest BCUT2D eigenvalue weighted by atomic mass is 10.2. The van der Waals surface area contributed by atoms with Crippen LogP contribution < -0.4 is 10.6 Å². The predicted molar refractivity (Wildman–Crippen MR) is 103 cm³/mol. The van der Waals surface area contributed by atoms with Crippen LogP contribution in [0.5, 0.6) is 0 Å². The van der Waals surface area contributed by atoms with Crippen molar-refractivity contribution in [3.05, 3.63) is 71.1 Å². The van der Waals surface area contributed by atoms with E-state index in [1.807, 2.05) is 24.3 Å². The Morgan fingerprint density at radius 3 is 2.73 bits per heavy atom. The lowest BCUT2D eigenvalue weighted by molar-refractivity contribution is 0.0949. The average Bonchev–Trinajstić information content (AvgIpc) is 2.64. The number of benzene rings is 2. The van der Waals surface area contributed by atoms with E-state index in [1.54, 1.807) is 18.3 Å². The monoisotopic (exact) mass is 371 g/mol. The number of unbranched alkanes of at least 4 members (excludes halogenated alkanes) is 1. The summed E-state index contributed by atoms with van der Waals surface area (Å²) >= 11 is 5.99. The molecule has 3 aromatic rings. The minimum absolute atomic E-state index is 0.0764. The topological polar surface area (TPSA) is 54.0 Å². The molecule has 134 valence electrons. The molecule has 2 aromatic carbocycles. The highest BCUT2D eigenvalue weighted by Gasteiger charge is 2.09. The van der Waals surface area contributed by atoms with Gasteiger partial charge in [0, 0.05) is 35.4 Å². The van der Waals surface area contributed by atoms with Crippen LogP contribution in [0.2, 0.25) is 5.02 Å². The molecule has 0 bridgehead atoms. The lowest BCUT2D eigenvalue weighted by Crippen LogP contribution is -2.25. The minimum atomic E-state index is -0.503. The molecule has 0 aliphatic heterocycles. The number of amides is 1. The molecule has 26 heavy (non-hydrogen) atoms. The van der Waals surface area contributed by atoms with Crippen LogP contribution >= 0.6 is 11.6 Å². The number of anilines is 1. The van der Waals surface area contributed by atoms with Gasteiger partial charge >= 0.3 is 0 Å². The van der Waals surface area contributed by atoms with Crippen molar-refractivity contribution in [1.82, 2.24) is 10.3 Å². The number of hydrogen-bond acceptors (Lipinski definition) is 3. The molecular formula is C20H19ClFN3O. The van der Waals surface area contributed by atoms with Crippen LogP contribution in [0.15, 0.2) is 54.7 Å². The quantitative estimate of drug-likeness (QED) is 0.594. The number of fused-ring (bicyclic) bond motifs is 1. The molecule has 0 saturated heterocycles. The third kappa shape index (κ3) is 4.49. The van der Waals surface area contributed by atoms with Crippen molar-refractivity contribution in [2.75, 3.05) is 18.4 Å². The second-order valence-corrected chi connectivity index (χ2v) is 6.33. The lowest BCUT2D eigenvalue weighted by Gasteiger charge is -2.10. The zero-order chi connectivity index (χ0) is 18.4. The molecule has 4 nitrogen and oxygen atoms in total. The van der Waals surface area contributed by atoms with E-state index >= 15 is 0 Å². The first-order valence-corrected chi connectivity index (χ1v) is 8.84. The maximum absolute atomic E-state index is 13.5. The van der Waals surface area contributed by atoms with Gasteiger partial charge in [-0.1, -0.05) is 23.7 Å². The number of carbonyl (C=O) groups is 1. The minimum Gasteiger partial charge on any atom is -0.384 e. The van der Waals surface area contributed by atoms with Crippen LogP contribution in [0, 0.1) is 5.82 Å². The number of hydrogen-bond donors (Lipinski definition) is 2. The van der Waals surface area contributed by atoms with E-state index < -0.39 is 5.82 Å². The summed E-state index contributed by atoms with van der Waals surface area (Å²) in [6.07, 6.45) is 3.41. The fourth-order valence-electron chi connectivity index (χ4n) is 2.69. The van der Waals surface area contributed by atoms with Crippen LogP contribution in [0.1, 0.15) is 23.2 Å². The Morgan fingerprint density at radius 1 is 1.08 bits per heavy atom. The zero-order valence-electron chi connectivity index (χ0n) is 14.1. The van der Waals surface area contributed by atoms with Gasteiger partial charge in [-0.05, 0) is 49.2 Å². The van der Waals surface area contributed by atoms with Crippen LogP contribution in [0.25, 0.3) is 10.9 Å². The van der Waals surface area contributed by atoms with Crippen LogP contribution in [0.4, 0.5) is 10.1 Å². The smallest absolute Gasteiger partial charge is 0.254 e. The number of nitrogens with zero attached hydrogens (tertiary/aromatic N) is 1. The van der Waals surface area contributed by atoms with Crippen molar-refractivity contribution in [3.63, 3.8) is 0 Å². The summed E-state index contributed by atoms with van der Waals surface area (Å²) in [5.41, 5.74) is 1.93. The van der Waals surface area contributed by atoms with Gasteiger partial charge in [-0.3, -0.25) is 9.78 Å². The highest BCUT2D eigenvalue weighted by molar-refractivity contribution is 6.31. The average molecular weight is 372 g/mol. The third-order valence-corrected chi connectivity index (χ3v) is 4.26. The van der Waals surface area contributed by atoms with Crippen LogP contribution in [0.3, 0.4) is 0 Å². The third-order valence-electron chi connectivity index (χ3n) is 4.03. The van der Waals surface area contributed by atoms with Crippen molar-refractivity contribution in [2.45, 2.75) is 12.8 Å². The molecule has 2 N–H and O–H groups in total. The zero-order valence-corrected chi connectivity index (χ0v) is 14.9. The molecule has 1 heterocycles. The van der Waals surface area contributed by atoms with E-state index in [1.165, 1.54) is 12.1 Å². The summed E-state index contributed by atoms with van der Waals surface area (Å²) < 4.78 is 13.5. The number of rotatable bonds is 7. The first-order chi connectivity index (χ1) is 12.6. The highest BCUT2D eigenvalue weighted by Crippen LogP contribution is 2.24. The first-order valence-electron chi connectivity index (χ1n) is 8.46. The van der Waals surface area contributed by atoms with E-state index in [2.05, 4.69) is 15.6 Å². The number of carbonyl (C=O) groups excluding carboxylic acids is 1. The van der Waals surface area contributed by atoms with Gasteiger partial charge in [-0.15, -0.1) is 0 Å². The molecule has 0 spiro atoms. The van der Waals surface area contributed by atoms with Gasteiger partial charge in [0.25, 0.3) is 5.91 Å². The molecule has 0 unspecified atom stereocenters. The molecule has 1 amide bonds. The molecular weight excluding hydrogens is 353 g/mol. The normalized spacial score (nSPS) is 10.7. The maximum atomic E-state index is 13.5. The number of nitrogens with one attached hydrogen (secondary N) is 2. The Morgan fingerprint density at radius 2 is 1.88 bits per heavy atom. The summed E-state index contributed by atoms with van der Waals surface area (Å²) in [5, 5.41) is 7.80. The van der Waals surface area contributed by atoms with E-state index in [-0.39, 0.29) is 11.5 Å². The molecule has 1 aromatic heterocycles. The molecule has 0 atom stereocenters. The van der Waals surface area contributed by atoms with E-state index in [0.717, 1.165) is 36.0 Å². The van der Waals surface area contributed by atoms with Gasteiger partial charge in [0.05, 0.1) is 11.1 Å². The fourth-order valence-corrected chi connectivity index (χ4v) is 2.86. The van der Waals surface area contributed by atoms with Crippen molar-refractivity contribution >= 4 is 34.1 Å². The Hall–Kier alpha value is -2.66. The molecule has 6 heteroatoms. The number of aromatic nitrogens is 1. The van der Waals surface area contributed by atoms with Crippen molar-refractivity contribution in [3.8, 4) is 0 Å². The molecule has 0 radical (unpaired) electrons. The standard InChI is InChI=1S/C20H19ClFN3O/c21-14-7-8-16-18(9-12-24-19(16)13-14)23-10-3-4-11-25-20(26)15-5-1-2-6-17(15)22/h1-2,5-9,12-13H,3-4,10-11H2,(H,23,24)(H,25,26). The fraction of sp³-hybridized carbons (Fsp3) is 0.200. The van der Waals surface area contributed by atoms with Crippen LogP contribution in [-0.4, -0.2) is 24.0 Å². The Balaban J connectivity index is 1.44. The molecule has 0 fully saturated rings. The van der Waals surface area contributed by atoms with E-state index in [9.17, 15) is 9.18 Å². The SMILES string of the molecule is O=C(NCCCCNc1ccnc2cc(Cl)ccc12)c1ccccc1F.